The molecule has 0 radical (unpaired) electrons. The van der Waals surface area contributed by atoms with Gasteiger partial charge in [-0.3, -0.25) is 9.59 Å². The average Bonchev–Trinajstić information content (AvgIpc) is 2.96. The molecule has 22 heavy (non-hydrogen) atoms. The smallest absolute Gasteiger partial charge is 0.269 e. The number of carbonyl (C=O) groups excluding carboxylic acids is 2. The van der Waals surface area contributed by atoms with Crippen molar-refractivity contribution in [1.29, 1.82) is 0 Å². The van der Waals surface area contributed by atoms with Crippen LogP contribution in [0, 0.1) is 5.92 Å². The Morgan fingerprint density at radius 2 is 1.91 bits per heavy atom. The van der Waals surface area contributed by atoms with E-state index in [0.717, 1.165) is 0 Å². The zero-order valence-electron chi connectivity index (χ0n) is 12.5. The van der Waals surface area contributed by atoms with E-state index in [4.69, 9.17) is 11.5 Å². The first-order chi connectivity index (χ1) is 10.4. The molecule has 1 aromatic carbocycles. The summed E-state index contributed by atoms with van der Waals surface area (Å²) in [5.41, 5.74) is 12.3. The molecule has 7 nitrogen and oxygen atoms in total. The fourth-order valence-electron chi connectivity index (χ4n) is 1.85. The monoisotopic (exact) mass is 301 g/mol. The van der Waals surface area contributed by atoms with Crippen molar-refractivity contribution in [3.8, 4) is 5.69 Å². The van der Waals surface area contributed by atoms with Gasteiger partial charge >= 0.3 is 0 Å². The largest absolute Gasteiger partial charge is 0.364 e. The maximum Gasteiger partial charge on any atom is 0.269 e. The maximum atomic E-state index is 12.2. The molecule has 0 fully saturated rings. The van der Waals surface area contributed by atoms with Crippen molar-refractivity contribution in [3.05, 3.63) is 42.2 Å². The Bertz CT molecular complexity index is 693. The summed E-state index contributed by atoms with van der Waals surface area (Å²) in [4.78, 5) is 23.3. The van der Waals surface area contributed by atoms with Crippen LogP contribution in [-0.2, 0) is 4.79 Å². The molecule has 0 aliphatic rings. The van der Waals surface area contributed by atoms with Crippen LogP contribution in [0.25, 0.3) is 5.69 Å². The van der Waals surface area contributed by atoms with E-state index in [0.29, 0.717) is 11.4 Å². The highest BCUT2D eigenvalue weighted by molar-refractivity contribution is 5.94. The summed E-state index contributed by atoms with van der Waals surface area (Å²) in [7, 11) is 0. The van der Waals surface area contributed by atoms with Crippen molar-refractivity contribution in [2.75, 3.05) is 5.32 Å². The van der Waals surface area contributed by atoms with Crippen molar-refractivity contribution < 1.29 is 9.59 Å². The van der Waals surface area contributed by atoms with Crippen LogP contribution in [0.4, 0.5) is 5.69 Å². The van der Waals surface area contributed by atoms with Gasteiger partial charge in [-0.2, -0.15) is 5.10 Å². The molecule has 2 unspecified atom stereocenters. The third kappa shape index (κ3) is 3.32. The highest BCUT2D eigenvalue weighted by Gasteiger charge is 2.18. The van der Waals surface area contributed by atoms with Gasteiger partial charge in [0.25, 0.3) is 5.91 Å². The molecule has 0 saturated heterocycles. The summed E-state index contributed by atoms with van der Waals surface area (Å²) >= 11 is 0. The van der Waals surface area contributed by atoms with Crippen LogP contribution in [-0.4, -0.2) is 27.6 Å². The molecular weight excluding hydrogens is 282 g/mol. The number of primary amides is 1. The molecule has 2 rings (SSSR count). The Kier molecular flexibility index (Phi) is 4.57. The van der Waals surface area contributed by atoms with E-state index >= 15 is 0 Å². The van der Waals surface area contributed by atoms with Crippen LogP contribution < -0.4 is 16.8 Å². The van der Waals surface area contributed by atoms with E-state index < -0.39 is 5.91 Å². The number of nitrogens with two attached hydrogens (primary N) is 2. The first kappa shape index (κ1) is 15.7. The first-order valence-electron chi connectivity index (χ1n) is 6.91. The summed E-state index contributed by atoms with van der Waals surface area (Å²) in [5, 5.41) is 6.93. The number of rotatable bonds is 5. The van der Waals surface area contributed by atoms with Crippen LogP contribution in [0.15, 0.2) is 36.5 Å². The van der Waals surface area contributed by atoms with E-state index in [-0.39, 0.29) is 23.6 Å². The molecule has 2 atom stereocenters. The fraction of sp³-hybridized carbons (Fsp3) is 0.267. The van der Waals surface area contributed by atoms with Gasteiger partial charge < -0.3 is 16.8 Å². The quantitative estimate of drug-likeness (QED) is 0.760. The van der Waals surface area contributed by atoms with Gasteiger partial charge in [-0.25, -0.2) is 4.68 Å². The molecule has 0 aliphatic carbocycles. The third-order valence-corrected chi connectivity index (χ3v) is 3.45. The fourth-order valence-corrected chi connectivity index (χ4v) is 1.85. The van der Waals surface area contributed by atoms with Gasteiger partial charge in [0.2, 0.25) is 5.91 Å². The maximum absolute atomic E-state index is 12.2. The zero-order valence-corrected chi connectivity index (χ0v) is 12.5. The number of hydrogen-bond acceptors (Lipinski definition) is 4. The highest BCUT2D eigenvalue weighted by Crippen LogP contribution is 2.20. The first-order valence-corrected chi connectivity index (χ1v) is 6.91. The topological polar surface area (TPSA) is 116 Å². The van der Waals surface area contributed by atoms with Crippen molar-refractivity contribution in [2.24, 2.45) is 17.4 Å². The number of carbonyl (C=O) groups is 2. The zero-order chi connectivity index (χ0) is 16.3. The van der Waals surface area contributed by atoms with E-state index in [9.17, 15) is 9.59 Å². The molecule has 0 bridgehead atoms. The Balaban J connectivity index is 2.30. The summed E-state index contributed by atoms with van der Waals surface area (Å²) in [6.07, 6.45) is 1.61. The average molecular weight is 301 g/mol. The number of hydrogen-bond donors (Lipinski definition) is 3. The molecule has 116 valence electrons. The van der Waals surface area contributed by atoms with Crippen LogP contribution in [0.5, 0.6) is 0 Å². The number of amides is 2. The molecule has 1 heterocycles. The molecule has 2 amide bonds. The SMILES string of the molecule is CC(N)C(C)C(=O)Nc1ccccc1-n1ccc(C(N)=O)n1. The van der Waals surface area contributed by atoms with Crippen LogP contribution in [0.1, 0.15) is 24.3 Å². The summed E-state index contributed by atoms with van der Waals surface area (Å²) in [5.74, 6) is -1.11. The van der Waals surface area contributed by atoms with Crippen LogP contribution in [0.3, 0.4) is 0 Å². The van der Waals surface area contributed by atoms with Gasteiger partial charge in [-0.05, 0) is 25.1 Å². The molecule has 2 aromatic rings. The number of anilines is 1. The van der Waals surface area contributed by atoms with Crippen LogP contribution in [0.2, 0.25) is 0 Å². The Hall–Kier alpha value is -2.67. The molecule has 0 aliphatic heterocycles. The lowest BCUT2D eigenvalue weighted by Crippen LogP contribution is -2.34. The summed E-state index contributed by atoms with van der Waals surface area (Å²) in [6, 6.07) is 8.42. The number of nitrogens with one attached hydrogen (secondary N) is 1. The van der Waals surface area contributed by atoms with Gasteiger partial charge in [0.15, 0.2) is 0 Å². The lowest BCUT2D eigenvalue weighted by atomic mass is 10.0. The third-order valence-electron chi connectivity index (χ3n) is 3.45. The van der Waals surface area contributed by atoms with Crippen molar-refractivity contribution in [2.45, 2.75) is 19.9 Å². The highest BCUT2D eigenvalue weighted by atomic mass is 16.2. The van der Waals surface area contributed by atoms with E-state index in [1.165, 1.54) is 10.7 Å². The molecule has 5 N–H and O–H groups in total. The Morgan fingerprint density at radius 3 is 2.50 bits per heavy atom. The van der Waals surface area contributed by atoms with Gasteiger partial charge in [-0.15, -0.1) is 0 Å². The predicted molar refractivity (Wildman–Crippen MR) is 83.5 cm³/mol. The number of nitrogens with zero attached hydrogens (tertiary/aromatic N) is 2. The van der Waals surface area contributed by atoms with E-state index in [2.05, 4.69) is 10.4 Å². The van der Waals surface area contributed by atoms with Gasteiger partial charge in [0, 0.05) is 12.2 Å². The number of para-hydroxylation sites is 2. The molecule has 1 aromatic heterocycles. The minimum Gasteiger partial charge on any atom is -0.364 e. The second-order valence-corrected chi connectivity index (χ2v) is 5.16. The van der Waals surface area contributed by atoms with Crippen molar-refractivity contribution in [1.82, 2.24) is 9.78 Å². The second-order valence-electron chi connectivity index (χ2n) is 5.16. The summed E-state index contributed by atoms with van der Waals surface area (Å²) < 4.78 is 1.49. The van der Waals surface area contributed by atoms with E-state index in [1.54, 1.807) is 38.2 Å². The Labute approximate surface area is 128 Å². The molecule has 0 saturated carbocycles. The minimum atomic E-state index is -0.606. The lowest BCUT2D eigenvalue weighted by Gasteiger charge is -2.17. The molecule has 0 spiro atoms. The summed E-state index contributed by atoms with van der Waals surface area (Å²) in [6.45, 7) is 3.55. The van der Waals surface area contributed by atoms with E-state index in [1.807, 2.05) is 6.07 Å². The predicted octanol–water partition coefficient (Wildman–Crippen LogP) is 0.893. The minimum absolute atomic E-state index is 0.157. The normalized spacial score (nSPS) is 13.4. The number of benzene rings is 1. The van der Waals surface area contributed by atoms with Crippen LogP contribution >= 0.6 is 0 Å². The second kappa shape index (κ2) is 6.40. The molecule has 7 heteroatoms. The van der Waals surface area contributed by atoms with Crippen molar-refractivity contribution in [3.63, 3.8) is 0 Å². The molecular formula is C15H19N5O2. The standard InChI is InChI=1S/C15H19N5O2/c1-9(10(2)16)15(22)18-11-5-3-4-6-13(11)20-8-7-12(19-20)14(17)21/h3-10H,16H2,1-2H3,(H2,17,21)(H,18,22). The Morgan fingerprint density at radius 1 is 1.23 bits per heavy atom. The van der Waals surface area contributed by atoms with Gasteiger partial charge in [-0.1, -0.05) is 19.1 Å². The van der Waals surface area contributed by atoms with Gasteiger partial charge in [0.1, 0.15) is 5.69 Å². The lowest BCUT2D eigenvalue weighted by molar-refractivity contribution is -0.119. The number of aromatic nitrogens is 2. The van der Waals surface area contributed by atoms with Gasteiger partial charge in [0.05, 0.1) is 17.3 Å². The van der Waals surface area contributed by atoms with Crippen molar-refractivity contribution >= 4 is 17.5 Å².